The molecule has 1 amide bonds. The third-order valence-electron chi connectivity index (χ3n) is 4.77. The Morgan fingerprint density at radius 3 is 2.61 bits per heavy atom. The molecule has 0 saturated heterocycles. The summed E-state index contributed by atoms with van der Waals surface area (Å²) in [6.45, 7) is 0. The summed E-state index contributed by atoms with van der Waals surface area (Å²) in [6.07, 6.45) is 7.27. The standard InChI is InChI=1S/C23H16N4O/c28-23(19-8-3-4-12-25-19)26-18-9-5-7-17-14-24-15-21(22(17)18)27-13-11-16-6-1-2-10-20(16)27/h1-15H,(H,26,28). The van der Waals surface area contributed by atoms with Crippen LogP contribution in [-0.4, -0.2) is 20.4 Å². The predicted molar refractivity (Wildman–Crippen MR) is 111 cm³/mol. The van der Waals surface area contributed by atoms with Crippen molar-refractivity contribution in [3.63, 3.8) is 0 Å². The Hall–Kier alpha value is -3.99. The van der Waals surface area contributed by atoms with Crippen LogP contribution in [0.3, 0.4) is 0 Å². The van der Waals surface area contributed by atoms with E-state index in [1.165, 1.54) is 0 Å². The van der Waals surface area contributed by atoms with E-state index in [9.17, 15) is 4.79 Å². The van der Waals surface area contributed by atoms with Crippen LogP contribution >= 0.6 is 0 Å². The van der Waals surface area contributed by atoms with E-state index < -0.39 is 0 Å². The van der Waals surface area contributed by atoms with Gasteiger partial charge in [0.15, 0.2) is 0 Å². The lowest BCUT2D eigenvalue weighted by atomic mass is 10.1. The van der Waals surface area contributed by atoms with Crippen LogP contribution in [-0.2, 0) is 0 Å². The summed E-state index contributed by atoms with van der Waals surface area (Å²) in [4.78, 5) is 21.2. The predicted octanol–water partition coefficient (Wildman–Crippen LogP) is 4.83. The highest BCUT2D eigenvalue weighted by Gasteiger charge is 2.14. The Labute approximate surface area is 161 Å². The minimum absolute atomic E-state index is 0.242. The summed E-state index contributed by atoms with van der Waals surface area (Å²) < 4.78 is 2.10. The molecule has 0 unspecified atom stereocenters. The topological polar surface area (TPSA) is 59.8 Å². The van der Waals surface area contributed by atoms with Crippen molar-refractivity contribution in [3.8, 4) is 5.69 Å². The smallest absolute Gasteiger partial charge is 0.274 e. The first-order valence-corrected chi connectivity index (χ1v) is 8.97. The second kappa shape index (κ2) is 6.63. The SMILES string of the molecule is O=C(Nc1cccc2cncc(-n3ccc4ccccc43)c12)c1ccccn1. The Bertz CT molecular complexity index is 1300. The average molecular weight is 364 g/mol. The molecule has 3 aromatic heterocycles. The zero-order chi connectivity index (χ0) is 18.9. The Morgan fingerprint density at radius 2 is 1.71 bits per heavy atom. The van der Waals surface area contributed by atoms with E-state index in [0.717, 1.165) is 33.1 Å². The van der Waals surface area contributed by atoms with Gasteiger partial charge in [-0.15, -0.1) is 0 Å². The number of nitrogens with one attached hydrogen (secondary N) is 1. The van der Waals surface area contributed by atoms with Gasteiger partial charge in [-0.1, -0.05) is 36.4 Å². The molecule has 0 saturated carbocycles. The first-order valence-electron chi connectivity index (χ1n) is 8.97. The fourth-order valence-corrected chi connectivity index (χ4v) is 3.48. The molecule has 0 radical (unpaired) electrons. The highest BCUT2D eigenvalue weighted by atomic mass is 16.1. The van der Waals surface area contributed by atoms with E-state index in [1.54, 1.807) is 30.6 Å². The number of amides is 1. The number of carbonyl (C=O) groups excluding carboxylic acids is 1. The van der Waals surface area contributed by atoms with Gasteiger partial charge in [0.1, 0.15) is 5.69 Å². The molecule has 0 spiro atoms. The lowest BCUT2D eigenvalue weighted by Gasteiger charge is -2.14. The lowest BCUT2D eigenvalue weighted by Crippen LogP contribution is -2.14. The number of hydrogen-bond acceptors (Lipinski definition) is 3. The monoisotopic (exact) mass is 364 g/mol. The summed E-state index contributed by atoms with van der Waals surface area (Å²) in [5.41, 5.74) is 3.10. The van der Waals surface area contributed by atoms with E-state index in [1.807, 2.05) is 42.7 Å². The first kappa shape index (κ1) is 16.2. The van der Waals surface area contributed by atoms with Crippen molar-refractivity contribution >= 4 is 33.3 Å². The number of para-hydroxylation sites is 1. The van der Waals surface area contributed by atoms with Crippen molar-refractivity contribution in [2.45, 2.75) is 0 Å². The van der Waals surface area contributed by atoms with Crippen LogP contribution in [0.25, 0.3) is 27.4 Å². The summed E-state index contributed by atoms with van der Waals surface area (Å²) in [7, 11) is 0. The van der Waals surface area contributed by atoms with Gasteiger partial charge >= 0.3 is 0 Å². The molecule has 5 aromatic rings. The normalized spacial score (nSPS) is 11.0. The fraction of sp³-hybridized carbons (Fsp3) is 0. The number of nitrogens with zero attached hydrogens (tertiary/aromatic N) is 3. The largest absolute Gasteiger partial charge is 0.320 e. The van der Waals surface area contributed by atoms with Crippen molar-refractivity contribution in [1.82, 2.24) is 14.5 Å². The summed E-state index contributed by atoms with van der Waals surface area (Å²) in [5.74, 6) is -0.242. The van der Waals surface area contributed by atoms with Gasteiger partial charge in [-0.2, -0.15) is 0 Å². The number of aromatic nitrogens is 3. The highest BCUT2D eigenvalue weighted by molar-refractivity contribution is 6.10. The molecule has 0 aliphatic carbocycles. The Morgan fingerprint density at radius 1 is 0.857 bits per heavy atom. The number of anilines is 1. The van der Waals surface area contributed by atoms with Gasteiger partial charge in [-0.25, -0.2) is 0 Å². The second-order valence-electron chi connectivity index (χ2n) is 6.48. The zero-order valence-electron chi connectivity index (χ0n) is 14.9. The Balaban J connectivity index is 1.68. The third kappa shape index (κ3) is 2.70. The minimum atomic E-state index is -0.242. The number of carbonyl (C=O) groups is 1. The van der Waals surface area contributed by atoms with Crippen molar-refractivity contribution in [2.24, 2.45) is 0 Å². The molecule has 0 fully saturated rings. The lowest BCUT2D eigenvalue weighted by molar-refractivity contribution is 0.102. The van der Waals surface area contributed by atoms with Crippen molar-refractivity contribution in [3.05, 3.63) is 97.2 Å². The van der Waals surface area contributed by atoms with Gasteiger partial charge in [-0.3, -0.25) is 14.8 Å². The van der Waals surface area contributed by atoms with E-state index >= 15 is 0 Å². The van der Waals surface area contributed by atoms with Gasteiger partial charge in [0.2, 0.25) is 0 Å². The first-order chi connectivity index (χ1) is 13.8. The fourth-order valence-electron chi connectivity index (χ4n) is 3.48. The van der Waals surface area contributed by atoms with Crippen LogP contribution in [0.5, 0.6) is 0 Å². The van der Waals surface area contributed by atoms with Crippen LogP contribution in [0.1, 0.15) is 10.5 Å². The molecular formula is C23H16N4O. The van der Waals surface area contributed by atoms with Gasteiger partial charge in [-0.05, 0) is 35.7 Å². The van der Waals surface area contributed by atoms with Gasteiger partial charge in [0.25, 0.3) is 5.91 Å². The molecule has 0 atom stereocenters. The third-order valence-corrected chi connectivity index (χ3v) is 4.77. The maximum absolute atomic E-state index is 12.7. The maximum atomic E-state index is 12.7. The summed E-state index contributed by atoms with van der Waals surface area (Å²) in [6, 6.07) is 21.3. The Kier molecular flexibility index (Phi) is 3.84. The maximum Gasteiger partial charge on any atom is 0.274 e. The number of pyridine rings is 2. The molecule has 5 heteroatoms. The molecule has 3 heterocycles. The molecule has 0 aliphatic heterocycles. The molecule has 134 valence electrons. The number of benzene rings is 2. The number of rotatable bonds is 3. The summed E-state index contributed by atoms with van der Waals surface area (Å²) >= 11 is 0. The van der Waals surface area contributed by atoms with Crippen molar-refractivity contribution in [2.75, 3.05) is 5.32 Å². The minimum Gasteiger partial charge on any atom is -0.320 e. The van der Waals surface area contributed by atoms with E-state index in [4.69, 9.17) is 0 Å². The molecule has 0 bridgehead atoms. The second-order valence-corrected chi connectivity index (χ2v) is 6.48. The quantitative estimate of drug-likeness (QED) is 0.499. The van der Waals surface area contributed by atoms with E-state index in [-0.39, 0.29) is 5.91 Å². The average Bonchev–Trinajstić information content (AvgIpc) is 3.18. The molecule has 5 rings (SSSR count). The summed E-state index contributed by atoms with van der Waals surface area (Å²) in [5, 5.41) is 6.04. The molecule has 28 heavy (non-hydrogen) atoms. The highest BCUT2D eigenvalue weighted by Crippen LogP contribution is 2.31. The molecule has 0 aliphatic rings. The molecule has 2 aromatic carbocycles. The van der Waals surface area contributed by atoms with Gasteiger partial charge in [0, 0.05) is 29.4 Å². The molecule has 5 nitrogen and oxygen atoms in total. The zero-order valence-corrected chi connectivity index (χ0v) is 14.9. The van der Waals surface area contributed by atoms with E-state index in [2.05, 4.69) is 38.1 Å². The van der Waals surface area contributed by atoms with Crippen molar-refractivity contribution < 1.29 is 4.79 Å². The van der Waals surface area contributed by atoms with Crippen molar-refractivity contribution in [1.29, 1.82) is 0 Å². The van der Waals surface area contributed by atoms with Crippen LogP contribution < -0.4 is 5.32 Å². The van der Waals surface area contributed by atoms with Crippen LogP contribution in [0.2, 0.25) is 0 Å². The van der Waals surface area contributed by atoms with Gasteiger partial charge < -0.3 is 9.88 Å². The van der Waals surface area contributed by atoms with Crippen LogP contribution in [0, 0.1) is 0 Å². The van der Waals surface area contributed by atoms with E-state index in [0.29, 0.717) is 5.69 Å². The van der Waals surface area contributed by atoms with Crippen LogP contribution in [0.15, 0.2) is 91.5 Å². The number of fused-ring (bicyclic) bond motifs is 2. The van der Waals surface area contributed by atoms with Gasteiger partial charge in [0.05, 0.1) is 23.1 Å². The number of hydrogen-bond donors (Lipinski definition) is 1. The van der Waals surface area contributed by atoms with Crippen LogP contribution in [0.4, 0.5) is 5.69 Å². The molecule has 1 N–H and O–H groups in total. The molecular weight excluding hydrogens is 348 g/mol.